The molecular formula is C25H24N8OS. The summed E-state index contributed by atoms with van der Waals surface area (Å²) in [5.74, 6) is 0.538. The molecule has 6 rings (SSSR count). The minimum absolute atomic E-state index is 0.266. The Labute approximate surface area is 206 Å². The van der Waals surface area contributed by atoms with Crippen molar-refractivity contribution >= 4 is 27.2 Å². The summed E-state index contributed by atoms with van der Waals surface area (Å²) >= 11 is 1.60. The fourth-order valence-corrected chi connectivity index (χ4v) is 5.74. The van der Waals surface area contributed by atoms with E-state index in [1.54, 1.807) is 21.9 Å². The molecule has 0 saturated carbocycles. The molecule has 5 aromatic rings. The summed E-state index contributed by atoms with van der Waals surface area (Å²) < 4.78 is 11.4. The third-order valence-corrected chi connectivity index (χ3v) is 7.56. The van der Waals surface area contributed by atoms with Crippen molar-refractivity contribution in [2.45, 2.75) is 38.8 Å². The van der Waals surface area contributed by atoms with Crippen molar-refractivity contribution in [1.82, 2.24) is 34.7 Å². The van der Waals surface area contributed by atoms with Gasteiger partial charge in [-0.15, -0.1) is 16.4 Å². The molecule has 4 aromatic heterocycles. The lowest BCUT2D eigenvalue weighted by Gasteiger charge is -2.23. The highest BCUT2D eigenvalue weighted by Crippen LogP contribution is 2.34. The van der Waals surface area contributed by atoms with Crippen LogP contribution in [-0.4, -0.2) is 42.5 Å². The van der Waals surface area contributed by atoms with Gasteiger partial charge in [-0.25, -0.2) is 14.6 Å². The molecule has 1 atom stereocenters. The lowest BCUT2D eigenvalue weighted by atomic mass is 10.1. The Morgan fingerprint density at radius 1 is 1.23 bits per heavy atom. The van der Waals surface area contributed by atoms with E-state index in [0.717, 1.165) is 58.7 Å². The molecular weight excluding hydrogens is 460 g/mol. The number of thiazole rings is 1. The number of nitrogens with zero attached hydrogens (tertiary/aromatic N) is 7. The SMILES string of the molecule is Cc1c(-c2cc(OC(C)c3cccc4ncsc34)n3c(C#N)cnc3c2)nnn1C1CCNCC1. The molecule has 1 aliphatic heterocycles. The number of rotatable bonds is 5. The van der Waals surface area contributed by atoms with Gasteiger partial charge < -0.3 is 10.1 Å². The summed E-state index contributed by atoms with van der Waals surface area (Å²) in [5.41, 5.74) is 7.58. The van der Waals surface area contributed by atoms with Gasteiger partial charge in [-0.1, -0.05) is 17.3 Å². The Morgan fingerprint density at radius 3 is 2.91 bits per heavy atom. The van der Waals surface area contributed by atoms with Crippen LogP contribution in [0.15, 0.2) is 42.0 Å². The minimum Gasteiger partial charge on any atom is -0.471 e. The quantitative estimate of drug-likeness (QED) is 0.393. The van der Waals surface area contributed by atoms with Crippen LogP contribution in [0, 0.1) is 18.3 Å². The number of nitriles is 1. The van der Waals surface area contributed by atoms with Crippen LogP contribution in [0.2, 0.25) is 0 Å². The predicted molar refractivity (Wildman–Crippen MR) is 133 cm³/mol. The van der Waals surface area contributed by atoms with Crippen molar-refractivity contribution in [1.29, 1.82) is 5.26 Å². The van der Waals surface area contributed by atoms with E-state index < -0.39 is 0 Å². The molecule has 1 unspecified atom stereocenters. The van der Waals surface area contributed by atoms with Gasteiger partial charge in [0.1, 0.15) is 29.2 Å². The zero-order chi connectivity index (χ0) is 23.9. The lowest BCUT2D eigenvalue weighted by molar-refractivity contribution is 0.216. The monoisotopic (exact) mass is 484 g/mol. The van der Waals surface area contributed by atoms with Gasteiger partial charge in [-0.2, -0.15) is 5.26 Å². The zero-order valence-electron chi connectivity index (χ0n) is 19.5. The first-order chi connectivity index (χ1) is 17.1. The van der Waals surface area contributed by atoms with E-state index >= 15 is 0 Å². The Morgan fingerprint density at radius 2 is 2.09 bits per heavy atom. The first-order valence-corrected chi connectivity index (χ1v) is 12.5. The van der Waals surface area contributed by atoms with Crippen LogP contribution in [0.1, 0.15) is 48.9 Å². The fraction of sp³-hybridized carbons (Fsp3) is 0.320. The highest BCUT2D eigenvalue weighted by molar-refractivity contribution is 7.16. The van der Waals surface area contributed by atoms with Crippen LogP contribution in [0.4, 0.5) is 0 Å². The smallest absolute Gasteiger partial charge is 0.201 e. The number of pyridine rings is 1. The third-order valence-electron chi connectivity index (χ3n) is 6.67. The van der Waals surface area contributed by atoms with Crippen molar-refractivity contribution < 1.29 is 4.74 Å². The Kier molecular flexibility index (Phi) is 5.43. The van der Waals surface area contributed by atoms with E-state index in [1.807, 2.05) is 41.4 Å². The number of hydrogen-bond acceptors (Lipinski definition) is 8. The molecule has 0 bridgehead atoms. The normalized spacial score (nSPS) is 15.5. The maximum Gasteiger partial charge on any atom is 0.201 e. The summed E-state index contributed by atoms with van der Waals surface area (Å²) in [6, 6.07) is 12.5. The Bertz CT molecular complexity index is 1570. The number of fused-ring (bicyclic) bond motifs is 2. The fourth-order valence-electron chi connectivity index (χ4n) is 4.86. The summed E-state index contributed by atoms with van der Waals surface area (Å²) in [7, 11) is 0. The molecule has 0 amide bonds. The van der Waals surface area contributed by atoms with Crippen molar-refractivity contribution in [2.75, 3.05) is 13.1 Å². The average Bonchev–Trinajstić information content (AvgIpc) is 3.62. The van der Waals surface area contributed by atoms with Crippen LogP contribution in [0.5, 0.6) is 5.88 Å². The first-order valence-electron chi connectivity index (χ1n) is 11.7. The van der Waals surface area contributed by atoms with E-state index in [9.17, 15) is 5.26 Å². The van der Waals surface area contributed by atoms with Gasteiger partial charge in [0, 0.05) is 17.2 Å². The van der Waals surface area contributed by atoms with Crippen molar-refractivity contribution in [3.8, 4) is 23.2 Å². The number of imidazole rings is 1. The molecule has 35 heavy (non-hydrogen) atoms. The number of nitrogens with one attached hydrogen (secondary N) is 1. The van der Waals surface area contributed by atoms with Gasteiger partial charge in [-0.05, 0) is 51.9 Å². The molecule has 1 fully saturated rings. The second kappa shape index (κ2) is 8.76. The van der Waals surface area contributed by atoms with Crippen LogP contribution < -0.4 is 10.1 Å². The van der Waals surface area contributed by atoms with Gasteiger partial charge in [0.25, 0.3) is 0 Å². The van der Waals surface area contributed by atoms with E-state index in [1.165, 1.54) is 0 Å². The van der Waals surface area contributed by atoms with E-state index in [0.29, 0.717) is 23.3 Å². The summed E-state index contributed by atoms with van der Waals surface area (Å²) in [4.78, 5) is 8.90. The van der Waals surface area contributed by atoms with Gasteiger partial charge in [0.05, 0.1) is 33.7 Å². The summed E-state index contributed by atoms with van der Waals surface area (Å²) in [5, 5.41) is 22.1. The summed E-state index contributed by atoms with van der Waals surface area (Å²) in [6.07, 6.45) is 3.37. The zero-order valence-corrected chi connectivity index (χ0v) is 20.3. The molecule has 0 spiro atoms. The number of piperidine rings is 1. The molecule has 10 heteroatoms. The van der Waals surface area contributed by atoms with Crippen molar-refractivity contribution in [3.63, 3.8) is 0 Å². The molecule has 1 saturated heterocycles. The van der Waals surface area contributed by atoms with Gasteiger partial charge >= 0.3 is 0 Å². The van der Waals surface area contributed by atoms with Gasteiger partial charge in [0.2, 0.25) is 5.88 Å². The average molecular weight is 485 g/mol. The second-order valence-electron chi connectivity index (χ2n) is 8.79. The van der Waals surface area contributed by atoms with Crippen molar-refractivity contribution in [2.24, 2.45) is 0 Å². The molecule has 1 aliphatic rings. The van der Waals surface area contributed by atoms with Crippen LogP contribution >= 0.6 is 11.3 Å². The van der Waals surface area contributed by atoms with Crippen LogP contribution in [0.3, 0.4) is 0 Å². The standard InChI is InChI=1S/C25H24N8OS/c1-15-24(30-31-33(15)18-6-8-27-9-7-18)17-10-22-28-13-19(12-26)32(22)23(11-17)34-16(2)20-4-3-5-21-25(20)35-14-29-21/h3-5,10-11,13-14,16,18,27H,6-9H2,1-2H3. The molecule has 176 valence electrons. The van der Waals surface area contributed by atoms with E-state index in [4.69, 9.17) is 4.74 Å². The topological polar surface area (TPSA) is 106 Å². The largest absolute Gasteiger partial charge is 0.471 e. The minimum atomic E-state index is -0.266. The number of aromatic nitrogens is 6. The molecule has 5 heterocycles. The number of ether oxygens (including phenoxy) is 1. The molecule has 1 aromatic carbocycles. The molecule has 9 nitrogen and oxygen atoms in total. The number of hydrogen-bond donors (Lipinski definition) is 1. The lowest BCUT2D eigenvalue weighted by Crippen LogP contribution is -2.30. The molecule has 1 N–H and O–H groups in total. The Hall–Kier alpha value is -3.81. The van der Waals surface area contributed by atoms with E-state index in [2.05, 4.69) is 44.7 Å². The molecule has 0 radical (unpaired) electrons. The molecule has 0 aliphatic carbocycles. The highest BCUT2D eigenvalue weighted by atomic mass is 32.1. The Balaban J connectivity index is 1.43. The van der Waals surface area contributed by atoms with Crippen LogP contribution in [0.25, 0.3) is 27.1 Å². The maximum absolute atomic E-state index is 9.69. The second-order valence-corrected chi connectivity index (χ2v) is 9.64. The maximum atomic E-state index is 9.69. The number of benzene rings is 1. The predicted octanol–water partition coefficient (Wildman–Crippen LogP) is 4.45. The van der Waals surface area contributed by atoms with Gasteiger partial charge in [0.15, 0.2) is 0 Å². The van der Waals surface area contributed by atoms with Crippen LogP contribution in [-0.2, 0) is 0 Å². The van der Waals surface area contributed by atoms with E-state index in [-0.39, 0.29) is 6.10 Å². The highest BCUT2D eigenvalue weighted by Gasteiger charge is 2.23. The third kappa shape index (κ3) is 3.73. The van der Waals surface area contributed by atoms with Gasteiger partial charge in [-0.3, -0.25) is 4.40 Å². The summed E-state index contributed by atoms with van der Waals surface area (Å²) in [6.45, 7) is 6.04. The van der Waals surface area contributed by atoms with Crippen molar-refractivity contribution in [3.05, 3.63) is 59.0 Å². The first kappa shape index (κ1) is 21.7.